The highest BCUT2D eigenvalue weighted by Gasteiger charge is 2.27. The molecule has 1 aliphatic heterocycles. The Labute approximate surface area is 146 Å². The zero-order valence-electron chi connectivity index (χ0n) is 14.0. The van der Waals surface area contributed by atoms with Gasteiger partial charge in [-0.15, -0.1) is 0 Å². The summed E-state index contributed by atoms with van der Waals surface area (Å²) >= 11 is 0. The third kappa shape index (κ3) is 3.94. The van der Waals surface area contributed by atoms with Gasteiger partial charge in [-0.1, -0.05) is 6.07 Å². The van der Waals surface area contributed by atoms with E-state index in [1.165, 1.54) is 12.1 Å². The molecule has 0 aliphatic carbocycles. The molecule has 25 heavy (non-hydrogen) atoms. The summed E-state index contributed by atoms with van der Waals surface area (Å²) in [7, 11) is 0. The molecule has 3 rings (SSSR count). The van der Waals surface area contributed by atoms with Crippen molar-refractivity contribution < 1.29 is 9.18 Å². The quantitative estimate of drug-likeness (QED) is 0.933. The van der Waals surface area contributed by atoms with E-state index < -0.39 is 5.82 Å². The Morgan fingerprint density at radius 1 is 1.40 bits per heavy atom. The van der Waals surface area contributed by atoms with Crippen LogP contribution in [0.15, 0.2) is 36.5 Å². The number of amides is 1. The van der Waals surface area contributed by atoms with Gasteiger partial charge in [0.25, 0.3) is 0 Å². The minimum Gasteiger partial charge on any atom is -0.370 e. The molecule has 5 nitrogen and oxygen atoms in total. The zero-order valence-corrected chi connectivity index (χ0v) is 14.0. The van der Waals surface area contributed by atoms with E-state index in [1.54, 1.807) is 18.3 Å². The van der Waals surface area contributed by atoms with E-state index in [-0.39, 0.29) is 11.8 Å². The van der Waals surface area contributed by atoms with Gasteiger partial charge in [-0.3, -0.25) is 4.79 Å². The molecule has 6 heteroatoms. The van der Waals surface area contributed by atoms with Crippen LogP contribution < -0.4 is 10.2 Å². The predicted molar refractivity (Wildman–Crippen MR) is 93.7 cm³/mol. The summed E-state index contributed by atoms with van der Waals surface area (Å²) in [5.74, 6) is -0.181. The summed E-state index contributed by atoms with van der Waals surface area (Å²) in [5, 5.41) is 12.1. The summed E-state index contributed by atoms with van der Waals surface area (Å²) in [6, 6.07) is 9.89. The number of aromatic nitrogens is 1. The Hall–Kier alpha value is -2.94. The fourth-order valence-electron chi connectivity index (χ4n) is 3.05. The Balaban J connectivity index is 1.72. The van der Waals surface area contributed by atoms with Gasteiger partial charge in [0.1, 0.15) is 17.7 Å². The van der Waals surface area contributed by atoms with E-state index in [4.69, 9.17) is 0 Å². The number of aryl methyl sites for hydroxylation is 1. The Bertz CT molecular complexity index is 813. The number of anilines is 2. The highest BCUT2D eigenvalue weighted by atomic mass is 19.1. The maximum absolute atomic E-state index is 13.3. The lowest BCUT2D eigenvalue weighted by molar-refractivity contribution is -0.120. The molecule has 1 aromatic heterocycles. The summed E-state index contributed by atoms with van der Waals surface area (Å²) in [4.78, 5) is 18.7. The first-order valence-corrected chi connectivity index (χ1v) is 8.25. The van der Waals surface area contributed by atoms with Crippen LogP contribution in [0.25, 0.3) is 0 Å². The zero-order chi connectivity index (χ0) is 17.8. The van der Waals surface area contributed by atoms with Crippen LogP contribution in [0.2, 0.25) is 0 Å². The number of hydrogen-bond acceptors (Lipinski definition) is 4. The van der Waals surface area contributed by atoms with Crippen LogP contribution in [0.3, 0.4) is 0 Å². The molecule has 1 unspecified atom stereocenters. The molecule has 1 amide bonds. The lowest BCUT2D eigenvalue weighted by Crippen LogP contribution is -2.41. The maximum atomic E-state index is 13.3. The van der Waals surface area contributed by atoms with E-state index in [0.717, 1.165) is 24.9 Å². The van der Waals surface area contributed by atoms with Crippen molar-refractivity contribution in [2.45, 2.75) is 19.8 Å². The van der Waals surface area contributed by atoms with Gasteiger partial charge in [0, 0.05) is 19.3 Å². The van der Waals surface area contributed by atoms with Crippen LogP contribution in [-0.2, 0) is 4.79 Å². The van der Waals surface area contributed by atoms with Crippen molar-refractivity contribution in [2.24, 2.45) is 5.92 Å². The van der Waals surface area contributed by atoms with Crippen LogP contribution in [0, 0.1) is 30.0 Å². The first-order valence-electron chi connectivity index (χ1n) is 8.25. The first-order chi connectivity index (χ1) is 12.1. The van der Waals surface area contributed by atoms with Gasteiger partial charge in [-0.25, -0.2) is 9.37 Å². The number of nitrogens with zero attached hydrogens (tertiary/aromatic N) is 3. The molecule has 1 N–H and O–H groups in total. The van der Waals surface area contributed by atoms with Crippen molar-refractivity contribution in [3.05, 3.63) is 53.5 Å². The second-order valence-electron chi connectivity index (χ2n) is 6.27. The molecule has 1 aliphatic rings. The number of rotatable bonds is 3. The summed E-state index contributed by atoms with van der Waals surface area (Å²) < 4.78 is 13.3. The molecule has 1 atom stereocenters. The number of halogens is 1. The highest BCUT2D eigenvalue weighted by Crippen LogP contribution is 2.27. The van der Waals surface area contributed by atoms with E-state index in [2.05, 4.69) is 10.3 Å². The largest absolute Gasteiger partial charge is 0.370 e. The molecule has 0 saturated carbocycles. The third-order valence-corrected chi connectivity index (χ3v) is 4.37. The van der Waals surface area contributed by atoms with Crippen molar-refractivity contribution >= 4 is 17.4 Å². The molecule has 1 saturated heterocycles. The van der Waals surface area contributed by atoms with E-state index in [9.17, 15) is 14.4 Å². The topological polar surface area (TPSA) is 69.0 Å². The van der Waals surface area contributed by atoms with Gasteiger partial charge < -0.3 is 10.2 Å². The van der Waals surface area contributed by atoms with Crippen molar-refractivity contribution in [2.75, 3.05) is 23.3 Å². The molecule has 2 aromatic rings. The lowest BCUT2D eigenvalue weighted by Gasteiger charge is -2.34. The Morgan fingerprint density at radius 2 is 2.24 bits per heavy atom. The van der Waals surface area contributed by atoms with E-state index >= 15 is 0 Å². The minimum atomic E-state index is -0.433. The van der Waals surface area contributed by atoms with E-state index in [0.29, 0.717) is 23.6 Å². The number of pyridine rings is 1. The second kappa shape index (κ2) is 7.31. The fraction of sp³-hybridized carbons (Fsp3) is 0.316. The predicted octanol–water partition coefficient (Wildman–Crippen LogP) is 3.26. The van der Waals surface area contributed by atoms with Gasteiger partial charge in [-0.2, -0.15) is 5.26 Å². The molecule has 0 spiro atoms. The number of nitriles is 1. The Kier molecular flexibility index (Phi) is 4.94. The molecular weight excluding hydrogens is 319 g/mol. The number of carbonyl (C=O) groups excluding carboxylic acids is 1. The SMILES string of the molecule is Cc1ccc(NC(=O)C2CCCN(c3ccc(F)cc3C#N)C2)nc1. The van der Waals surface area contributed by atoms with Crippen molar-refractivity contribution in [1.82, 2.24) is 4.98 Å². The van der Waals surface area contributed by atoms with Gasteiger partial charge in [0.05, 0.1) is 17.2 Å². The summed E-state index contributed by atoms with van der Waals surface area (Å²) in [5.41, 5.74) is 2.00. The molecule has 2 heterocycles. The maximum Gasteiger partial charge on any atom is 0.230 e. The van der Waals surface area contributed by atoms with Gasteiger partial charge >= 0.3 is 0 Å². The molecule has 0 bridgehead atoms. The number of nitrogens with one attached hydrogen (secondary N) is 1. The standard InChI is InChI=1S/C19H19FN4O/c1-13-4-7-18(22-11-13)23-19(25)14-3-2-8-24(12-14)17-6-5-16(20)9-15(17)10-21/h4-7,9,11,14H,2-3,8,12H2,1H3,(H,22,23,25). The monoisotopic (exact) mass is 338 g/mol. The second-order valence-corrected chi connectivity index (χ2v) is 6.27. The van der Waals surface area contributed by atoms with Crippen LogP contribution in [0.4, 0.5) is 15.9 Å². The van der Waals surface area contributed by atoms with Crippen molar-refractivity contribution in [3.63, 3.8) is 0 Å². The molecule has 1 aromatic carbocycles. The molecular formula is C19H19FN4O. The van der Waals surface area contributed by atoms with Crippen LogP contribution in [0.5, 0.6) is 0 Å². The number of hydrogen-bond donors (Lipinski definition) is 1. The summed E-state index contributed by atoms with van der Waals surface area (Å²) in [6.07, 6.45) is 3.32. The van der Waals surface area contributed by atoms with E-state index in [1.807, 2.05) is 24.0 Å². The Morgan fingerprint density at radius 3 is 2.96 bits per heavy atom. The van der Waals surface area contributed by atoms with Crippen LogP contribution in [0.1, 0.15) is 24.0 Å². The van der Waals surface area contributed by atoms with Crippen molar-refractivity contribution in [1.29, 1.82) is 5.26 Å². The molecule has 128 valence electrons. The fourth-order valence-corrected chi connectivity index (χ4v) is 3.05. The van der Waals surface area contributed by atoms with Gasteiger partial charge in [0.2, 0.25) is 5.91 Å². The van der Waals surface area contributed by atoms with Gasteiger partial charge in [0.15, 0.2) is 0 Å². The molecule has 1 fully saturated rings. The normalized spacial score (nSPS) is 17.0. The average Bonchev–Trinajstić information content (AvgIpc) is 2.63. The lowest BCUT2D eigenvalue weighted by atomic mass is 9.96. The first kappa shape index (κ1) is 16.9. The van der Waals surface area contributed by atoms with Crippen molar-refractivity contribution in [3.8, 4) is 6.07 Å². The number of piperidine rings is 1. The average molecular weight is 338 g/mol. The number of carbonyl (C=O) groups is 1. The van der Waals surface area contributed by atoms with Crippen LogP contribution in [-0.4, -0.2) is 24.0 Å². The smallest absolute Gasteiger partial charge is 0.230 e. The number of benzene rings is 1. The highest BCUT2D eigenvalue weighted by molar-refractivity contribution is 5.92. The molecule has 0 radical (unpaired) electrons. The third-order valence-electron chi connectivity index (χ3n) is 4.37. The van der Waals surface area contributed by atoms with Gasteiger partial charge in [-0.05, 0) is 49.6 Å². The van der Waals surface area contributed by atoms with Crippen LogP contribution >= 0.6 is 0 Å². The minimum absolute atomic E-state index is 0.0818. The summed E-state index contributed by atoms with van der Waals surface area (Å²) in [6.45, 7) is 3.18.